The topological polar surface area (TPSA) is 73.0 Å². The summed E-state index contributed by atoms with van der Waals surface area (Å²) in [4.78, 5) is 42.6. The van der Waals surface area contributed by atoms with Gasteiger partial charge in [-0.3, -0.25) is 14.4 Å². The van der Waals surface area contributed by atoms with Gasteiger partial charge in [-0.05, 0) is 12.1 Å². The molecule has 140 valence electrons. The van der Waals surface area contributed by atoms with Crippen LogP contribution in [0.5, 0.6) is 0 Å². The average Bonchev–Trinajstić information content (AvgIpc) is 2.69. The number of rotatable bonds is 4. The number of hydrogen-bond acceptors (Lipinski definition) is 4. The van der Waals surface area contributed by atoms with Crippen LogP contribution in [0.3, 0.4) is 0 Å². The van der Waals surface area contributed by atoms with Crippen LogP contribution in [-0.2, 0) is 14.4 Å². The van der Waals surface area contributed by atoms with Crippen molar-refractivity contribution in [3.63, 3.8) is 0 Å². The molecule has 2 aliphatic heterocycles. The fourth-order valence-electron chi connectivity index (χ4n) is 3.57. The first kappa shape index (κ1) is 18.2. The predicted octanol–water partition coefficient (Wildman–Crippen LogP) is 0.462. The number of nitrogens with zero attached hydrogens (tertiary/aromatic N) is 3. The zero-order valence-corrected chi connectivity index (χ0v) is 15.2. The largest absolute Gasteiger partial charge is 0.368 e. The number of benzene rings is 1. The molecule has 0 bridgehead atoms. The quantitative estimate of drug-likeness (QED) is 0.849. The number of piperazine rings is 2. The molecule has 7 heteroatoms. The van der Waals surface area contributed by atoms with Gasteiger partial charge in [0, 0.05) is 51.4 Å². The van der Waals surface area contributed by atoms with Gasteiger partial charge < -0.3 is 20.0 Å². The Morgan fingerprint density at radius 2 is 1.73 bits per heavy atom. The SMILES string of the molecule is CCC(=O)N1CCNC(=O)[C@H]1CC(=O)N1CCN(c2ccccc2)CC1. The summed E-state index contributed by atoms with van der Waals surface area (Å²) < 4.78 is 0. The highest BCUT2D eigenvalue weighted by Gasteiger charge is 2.35. The molecule has 2 heterocycles. The summed E-state index contributed by atoms with van der Waals surface area (Å²) in [5.74, 6) is -0.366. The van der Waals surface area contributed by atoms with Gasteiger partial charge in [0.05, 0.1) is 6.42 Å². The van der Waals surface area contributed by atoms with E-state index in [0.717, 1.165) is 18.8 Å². The molecular formula is C19H26N4O3. The Labute approximate surface area is 153 Å². The van der Waals surface area contributed by atoms with Crippen LogP contribution in [0.2, 0.25) is 0 Å². The molecule has 1 aromatic carbocycles. The van der Waals surface area contributed by atoms with Crippen molar-refractivity contribution >= 4 is 23.4 Å². The first-order valence-corrected chi connectivity index (χ1v) is 9.25. The summed E-state index contributed by atoms with van der Waals surface area (Å²) in [5, 5.41) is 2.77. The second-order valence-corrected chi connectivity index (χ2v) is 6.66. The molecule has 1 aromatic rings. The first-order valence-electron chi connectivity index (χ1n) is 9.25. The van der Waals surface area contributed by atoms with Crippen molar-refractivity contribution in [3.8, 4) is 0 Å². The number of anilines is 1. The molecule has 7 nitrogen and oxygen atoms in total. The van der Waals surface area contributed by atoms with Crippen molar-refractivity contribution in [2.45, 2.75) is 25.8 Å². The van der Waals surface area contributed by atoms with Gasteiger partial charge in [0.25, 0.3) is 0 Å². The Morgan fingerprint density at radius 3 is 2.38 bits per heavy atom. The number of nitrogens with one attached hydrogen (secondary N) is 1. The summed E-state index contributed by atoms with van der Waals surface area (Å²) in [6.45, 7) is 5.49. The van der Waals surface area contributed by atoms with Gasteiger partial charge in [0.1, 0.15) is 6.04 Å². The molecule has 2 saturated heterocycles. The molecule has 26 heavy (non-hydrogen) atoms. The minimum Gasteiger partial charge on any atom is -0.368 e. The van der Waals surface area contributed by atoms with Crippen LogP contribution in [0, 0.1) is 0 Å². The minimum atomic E-state index is -0.684. The number of amides is 3. The molecule has 0 aliphatic carbocycles. The fourth-order valence-corrected chi connectivity index (χ4v) is 3.57. The molecular weight excluding hydrogens is 332 g/mol. The molecule has 3 amide bonds. The molecule has 3 rings (SSSR count). The standard InChI is InChI=1S/C19H26N4O3/c1-2-17(24)23-9-8-20-19(26)16(23)14-18(25)22-12-10-21(11-13-22)15-6-4-3-5-7-15/h3-7,16H,2,8-14H2,1H3,(H,20,26)/t16-/m1/s1. The normalized spacial score (nSPS) is 20.7. The predicted molar refractivity (Wildman–Crippen MR) is 98.7 cm³/mol. The maximum atomic E-state index is 12.7. The van der Waals surface area contributed by atoms with E-state index in [1.807, 2.05) is 18.2 Å². The number of para-hydroxylation sites is 1. The Bertz CT molecular complexity index is 656. The molecule has 1 atom stereocenters. The lowest BCUT2D eigenvalue weighted by atomic mass is 10.1. The Hall–Kier alpha value is -2.57. The van der Waals surface area contributed by atoms with Crippen LogP contribution in [-0.4, -0.2) is 72.8 Å². The van der Waals surface area contributed by atoms with Crippen molar-refractivity contribution < 1.29 is 14.4 Å². The zero-order valence-electron chi connectivity index (χ0n) is 15.2. The lowest BCUT2D eigenvalue weighted by Gasteiger charge is -2.38. The van der Waals surface area contributed by atoms with E-state index in [4.69, 9.17) is 0 Å². The number of carbonyl (C=O) groups is 3. The average molecular weight is 358 g/mol. The molecule has 0 saturated carbocycles. The van der Waals surface area contributed by atoms with Gasteiger partial charge in [0.15, 0.2) is 0 Å². The van der Waals surface area contributed by atoms with E-state index in [1.54, 1.807) is 16.7 Å². The van der Waals surface area contributed by atoms with E-state index in [-0.39, 0.29) is 24.1 Å². The lowest BCUT2D eigenvalue weighted by Crippen LogP contribution is -2.59. The second-order valence-electron chi connectivity index (χ2n) is 6.66. The van der Waals surface area contributed by atoms with Gasteiger partial charge >= 0.3 is 0 Å². The molecule has 2 fully saturated rings. The maximum absolute atomic E-state index is 12.7. The summed E-state index contributed by atoms with van der Waals surface area (Å²) in [7, 11) is 0. The highest BCUT2D eigenvalue weighted by atomic mass is 16.2. The van der Waals surface area contributed by atoms with Gasteiger partial charge in [-0.1, -0.05) is 25.1 Å². The van der Waals surface area contributed by atoms with Gasteiger partial charge in [-0.2, -0.15) is 0 Å². The highest BCUT2D eigenvalue weighted by Crippen LogP contribution is 2.17. The summed E-state index contributed by atoms with van der Waals surface area (Å²) in [6, 6.07) is 9.45. The lowest BCUT2D eigenvalue weighted by molar-refractivity contribution is -0.146. The summed E-state index contributed by atoms with van der Waals surface area (Å²) in [5.41, 5.74) is 1.16. The molecule has 0 aromatic heterocycles. The molecule has 0 radical (unpaired) electrons. The smallest absolute Gasteiger partial charge is 0.243 e. The van der Waals surface area contributed by atoms with E-state index >= 15 is 0 Å². The molecule has 2 aliphatic rings. The number of carbonyl (C=O) groups excluding carboxylic acids is 3. The van der Waals surface area contributed by atoms with Crippen LogP contribution in [0.25, 0.3) is 0 Å². The second kappa shape index (κ2) is 8.21. The Morgan fingerprint density at radius 1 is 1.04 bits per heavy atom. The van der Waals surface area contributed by atoms with E-state index in [1.165, 1.54) is 0 Å². The Balaban J connectivity index is 1.58. The van der Waals surface area contributed by atoms with Crippen molar-refractivity contribution in [2.75, 3.05) is 44.2 Å². The third kappa shape index (κ3) is 3.98. The molecule has 0 spiro atoms. The van der Waals surface area contributed by atoms with E-state index < -0.39 is 6.04 Å². The van der Waals surface area contributed by atoms with Crippen molar-refractivity contribution in [2.24, 2.45) is 0 Å². The van der Waals surface area contributed by atoms with Crippen LogP contribution in [0.4, 0.5) is 5.69 Å². The Kier molecular flexibility index (Phi) is 5.75. The van der Waals surface area contributed by atoms with Crippen LogP contribution in [0.15, 0.2) is 30.3 Å². The van der Waals surface area contributed by atoms with Gasteiger partial charge in [-0.15, -0.1) is 0 Å². The van der Waals surface area contributed by atoms with Gasteiger partial charge in [0.2, 0.25) is 17.7 Å². The third-order valence-electron chi connectivity index (χ3n) is 5.08. The van der Waals surface area contributed by atoms with E-state index in [9.17, 15) is 14.4 Å². The van der Waals surface area contributed by atoms with Crippen LogP contribution in [0.1, 0.15) is 19.8 Å². The number of hydrogen-bond donors (Lipinski definition) is 1. The fraction of sp³-hybridized carbons (Fsp3) is 0.526. The summed E-state index contributed by atoms with van der Waals surface area (Å²) >= 11 is 0. The van der Waals surface area contributed by atoms with Crippen LogP contribution < -0.4 is 10.2 Å². The first-order chi connectivity index (χ1) is 12.6. The van der Waals surface area contributed by atoms with E-state index in [0.29, 0.717) is 32.6 Å². The molecule has 1 N–H and O–H groups in total. The van der Waals surface area contributed by atoms with Crippen molar-refractivity contribution in [3.05, 3.63) is 30.3 Å². The minimum absolute atomic E-state index is 0.0584. The third-order valence-corrected chi connectivity index (χ3v) is 5.08. The van der Waals surface area contributed by atoms with Crippen LogP contribution >= 0.6 is 0 Å². The highest BCUT2D eigenvalue weighted by molar-refractivity contribution is 5.93. The van der Waals surface area contributed by atoms with E-state index in [2.05, 4.69) is 22.3 Å². The van der Waals surface area contributed by atoms with Crippen molar-refractivity contribution in [1.82, 2.24) is 15.1 Å². The molecule has 0 unspecified atom stereocenters. The summed E-state index contributed by atoms with van der Waals surface area (Å²) in [6.07, 6.45) is 0.399. The van der Waals surface area contributed by atoms with Crippen molar-refractivity contribution in [1.29, 1.82) is 0 Å². The maximum Gasteiger partial charge on any atom is 0.243 e. The van der Waals surface area contributed by atoms with Gasteiger partial charge in [-0.25, -0.2) is 0 Å². The monoisotopic (exact) mass is 358 g/mol. The zero-order chi connectivity index (χ0) is 18.5.